The van der Waals surface area contributed by atoms with Crippen LogP contribution in [0.15, 0.2) is 24.4 Å². The van der Waals surface area contributed by atoms with Crippen molar-refractivity contribution < 1.29 is 9.11 Å². The van der Waals surface area contributed by atoms with E-state index in [1.54, 1.807) is 10.9 Å². The van der Waals surface area contributed by atoms with Gasteiger partial charge in [0.15, 0.2) is 11.6 Å². The van der Waals surface area contributed by atoms with E-state index in [-0.39, 0.29) is 0 Å². The number of anilines is 2. The van der Waals surface area contributed by atoms with E-state index in [4.69, 9.17) is 5.73 Å². The maximum absolute atomic E-state index is 9.85. The smallest absolute Gasteiger partial charge is 0.155 e. The second-order valence-corrected chi connectivity index (χ2v) is 9.52. The van der Waals surface area contributed by atoms with E-state index >= 15 is 0 Å². The number of nitrogens with zero attached hydrogens (tertiary/aromatic N) is 5. The van der Waals surface area contributed by atoms with Gasteiger partial charge in [0, 0.05) is 50.2 Å². The van der Waals surface area contributed by atoms with Crippen LogP contribution in [-0.2, 0) is 0 Å². The van der Waals surface area contributed by atoms with Crippen LogP contribution in [0.2, 0.25) is 0 Å². The highest BCUT2D eigenvalue weighted by Crippen LogP contribution is 2.47. The minimum atomic E-state index is -2.34. The molecule has 4 rings (SSSR count). The fourth-order valence-corrected chi connectivity index (χ4v) is 5.52. The fraction of sp³-hybridized carbons (Fsp3) is 0.529. The molecule has 4 N–H and O–H groups in total. The average Bonchev–Trinajstić information content (AvgIpc) is 3.18. The van der Waals surface area contributed by atoms with Crippen LogP contribution in [0.3, 0.4) is 0 Å². The SMILES string of the molecule is Cc1ccc(-n2nc(N3CCN(C4CCS(O)(O)C4)CC3)cc2N)nc1. The third-order valence-corrected chi connectivity index (χ3v) is 7.04. The van der Waals surface area contributed by atoms with Crippen LogP contribution in [0, 0.1) is 6.92 Å². The summed E-state index contributed by atoms with van der Waals surface area (Å²) in [5, 5.41) is 4.64. The Morgan fingerprint density at radius 3 is 2.54 bits per heavy atom. The minimum Gasteiger partial charge on any atom is -0.383 e. The van der Waals surface area contributed by atoms with Gasteiger partial charge in [-0.05, 0) is 25.0 Å². The number of aromatic nitrogens is 3. The lowest BCUT2D eigenvalue weighted by Crippen LogP contribution is -2.50. The fourth-order valence-electron chi connectivity index (χ4n) is 3.71. The van der Waals surface area contributed by atoms with Crippen LogP contribution >= 0.6 is 10.6 Å². The van der Waals surface area contributed by atoms with E-state index in [9.17, 15) is 9.11 Å². The molecule has 2 aromatic rings. The molecule has 0 amide bonds. The average molecular weight is 379 g/mol. The predicted octanol–water partition coefficient (Wildman–Crippen LogP) is 1.80. The summed E-state index contributed by atoms with van der Waals surface area (Å²) in [5.41, 5.74) is 7.24. The van der Waals surface area contributed by atoms with Crippen LogP contribution in [-0.4, -0.2) is 72.5 Å². The normalized spacial score (nSPS) is 24.7. The number of pyridine rings is 1. The summed E-state index contributed by atoms with van der Waals surface area (Å²) in [5.74, 6) is 3.22. The first kappa shape index (κ1) is 17.6. The number of hydrogen-bond donors (Lipinski definition) is 3. The highest BCUT2D eigenvalue weighted by molar-refractivity contribution is 8.24. The van der Waals surface area contributed by atoms with E-state index in [0.29, 0.717) is 29.2 Å². The molecule has 2 aliphatic heterocycles. The summed E-state index contributed by atoms with van der Waals surface area (Å²) in [6.45, 7) is 5.50. The Bertz CT molecular complexity index is 770. The summed E-state index contributed by atoms with van der Waals surface area (Å²) < 4.78 is 21.4. The maximum Gasteiger partial charge on any atom is 0.155 e. The van der Waals surface area contributed by atoms with E-state index in [1.807, 2.05) is 25.1 Å². The number of aryl methyl sites for hydroxylation is 1. The number of hydrogen-bond acceptors (Lipinski definition) is 7. The Hall–Kier alpha value is -1.81. The highest BCUT2D eigenvalue weighted by atomic mass is 32.3. The van der Waals surface area contributed by atoms with E-state index in [0.717, 1.165) is 44.0 Å². The summed E-state index contributed by atoms with van der Waals surface area (Å²) in [6, 6.07) is 6.09. The first-order valence-electron chi connectivity index (χ1n) is 8.92. The molecular weight excluding hydrogens is 352 g/mol. The van der Waals surface area contributed by atoms with Crippen LogP contribution < -0.4 is 10.6 Å². The third kappa shape index (κ3) is 3.52. The lowest BCUT2D eigenvalue weighted by atomic mass is 10.2. The van der Waals surface area contributed by atoms with Gasteiger partial charge >= 0.3 is 0 Å². The monoisotopic (exact) mass is 378 g/mol. The van der Waals surface area contributed by atoms with Gasteiger partial charge in [-0.1, -0.05) is 6.07 Å². The van der Waals surface area contributed by atoms with Gasteiger partial charge in [0.2, 0.25) is 0 Å². The molecule has 0 saturated carbocycles. The van der Waals surface area contributed by atoms with Gasteiger partial charge in [-0.2, -0.15) is 15.3 Å². The van der Waals surface area contributed by atoms with Crippen molar-refractivity contribution in [2.45, 2.75) is 19.4 Å². The van der Waals surface area contributed by atoms with Crippen molar-refractivity contribution in [3.63, 3.8) is 0 Å². The molecule has 4 heterocycles. The quantitative estimate of drug-likeness (QED) is 0.748. The molecule has 8 nitrogen and oxygen atoms in total. The zero-order chi connectivity index (χ0) is 18.3. The van der Waals surface area contributed by atoms with Crippen molar-refractivity contribution in [3.8, 4) is 5.82 Å². The zero-order valence-electron chi connectivity index (χ0n) is 15.0. The lowest BCUT2D eigenvalue weighted by molar-refractivity contribution is 0.199. The van der Waals surface area contributed by atoms with Crippen molar-refractivity contribution in [1.29, 1.82) is 0 Å². The molecule has 1 unspecified atom stereocenters. The minimum absolute atomic E-state index is 0.293. The molecule has 0 radical (unpaired) electrons. The molecule has 1 atom stereocenters. The molecule has 0 aliphatic carbocycles. The standard InChI is InChI=1S/C17H26N6O2S/c1-13-2-3-16(19-11-13)23-15(18)10-17(20-23)22-7-5-21(6-8-22)14-4-9-26(24,25)12-14/h2-3,10-11,14,24-25H,4-9,12,18H2,1H3. The largest absolute Gasteiger partial charge is 0.383 e. The van der Waals surface area contributed by atoms with Gasteiger partial charge in [-0.25, -0.2) is 4.98 Å². The van der Waals surface area contributed by atoms with Crippen LogP contribution in [0.1, 0.15) is 12.0 Å². The van der Waals surface area contributed by atoms with E-state index < -0.39 is 10.6 Å². The van der Waals surface area contributed by atoms with Crippen molar-refractivity contribution in [2.75, 3.05) is 48.3 Å². The van der Waals surface area contributed by atoms with E-state index in [1.165, 1.54) is 0 Å². The molecule has 9 heteroatoms. The van der Waals surface area contributed by atoms with E-state index in [2.05, 4.69) is 19.9 Å². The van der Waals surface area contributed by atoms with Crippen molar-refractivity contribution in [2.24, 2.45) is 0 Å². The van der Waals surface area contributed by atoms with Crippen molar-refractivity contribution in [3.05, 3.63) is 30.0 Å². The van der Waals surface area contributed by atoms with Gasteiger partial charge in [0.25, 0.3) is 0 Å². The van der Waals surface area contributed by atoms with Gasteiger partial charge in [-0.15, -0.1) is 5.10 Å². The molecule has 142 valence electrons. The summed E-state index contributed by atoms with van der Waals surface area (Å²) >= 11 is 0. The summed E-state index contributed by atoms with van der Waals surface area (Å²) in [7, 11) is -2.34. The second-order valence-electron chi connectivity index (χ2n) is 7.17. The first-order valence-corrected chi connectivity index (χ1v) is 10.8. The van der Waals surface area contributed by atoms with Crippen molar-refractivity contribution >= 4 is 22.2 Å². The molecule has 2 aliphatic rings. The van der Waals surface area contributed by atoms with Gasteiger partial charge in [0.05, 0.1) is 5.75 Å². The Morgan fingerprint density at radius 2 is 1.92 bits per heavy atom. The third-order valence-electron chi connectivity index (χ3n) is 5.23. The number of piperazine rings is 1. The molecular formula is C17H26N6O2S. The first-order chi connectivity index (χ1) is 12.4. The van der Waals surface area contributed by atoms with Gasteiger partial charge in [0.1, 0.15) is 5.82 Å². The maximum atomic E-state index is 9.85. The highest BCUT2D eigenvalue weighted by Gasteiger charge is 2.34. The molecule has 2 aromatic heterocycles. The Balaban J connectivity index is 1.42. The molecule has 0 bridgehead atoms. The number of nitrogen functional groups attached to an aromatic ring is 1. The second kappa shape index (κ2) is 6.73. The Labute approximate surface area is 155 Å². The lowest BCUT2D eigenvalue weighted by Gasteiger charge is -2.38. The van der Waals surface area contributed by atoms with Gasteiger partial charge in [-0.3, -0.25) is 14.0 Å². The Morgan fingerprint density at radius 1 is 1.15 bits per heavy atom. The number of nitrogens with two attached hydrogens (primary N) is 1. The van der Waals surface area contributed by atoms with Gasteiger partial charge < -0.3 is 10.6 Å². The predicted molar refractivity (Wildman–Crippen MR) is 105 cm³/mol. The molecule has 2 fully saturated rings. The van der Waals surface area contributed by atoms with Crippen LogP contribution in [0.5, 0.6) is 0 Å². The van der Waals surface area contributed by atoms with Crippen LogP contribution in [0.4, 0.5) is 11.6 Å². The Kier molecular flexibility index (Phi) is 4.55. The zero-order valence-corrected chi connectivity index (χ0v) is 15.8. The summed E-state index contributed by atoms with van der Waals surface area (Å²) in [4.78, 5) is 9.00. The molecule has 0 aromatic carbocycles. The van der Waals surface area contributed by atoms with Crippen LogP contribution in [0.25, 0.3) is 5.82 Å². The summed E-state index contributed by atoms with van der Waals surface area (Å²) in [6.07, 6.45) is 2.68. The molecule has 26 heavy (non-hydrogen) atoms. The number of rotatable bonds is 3. The van der Waals surface area contributed by atoms with Crippen molar-refractivity contribution in [1.82, 2.24) is 19.7 Å². The molecule has 0 spiro atoms. The molecule has 2 saturated heterocycles. The topological polar surface area (TPSA) is 104 Å².